The number of carbonyl (C=O) groups excluding carboxylic acids is 2. The molecule has 102 valence electrons. The summed E-state index contributed by atoms with van der Waals surface area (Å²) in [5.74, 6) is -0.105. The second-order valence-corrected chi connectivity index (χ2v) is 4.80. The molecule has 0 radical (unpaired) electrons. The number of nitrogens with zero attached hydrogens (tertiary/aromatic N) is 2. The number of likely N-dealkylation sites (tertiary alicyclic amines) is 1. The van der Waals surface area contributed by atoms with Crippen molar-refractivity contribution in [3.05, 3.63) is 29.8 Å². The van der Waals surface area contributed by atoms with Gasteiger partial charge in [-0.1, -0.05) is 0 Å². The summed E-state index contributed by atoms with van der Waals surface area (Å²) in [6.07, 6.45) is 2.09. The molecular formula is C14H18N2O3. The van der Waals surface area contributed by atoms with Crippen molar-refractivity contribution in [2.24, 2.45) is 0 Å². The summed E-state index contributed by atoms with van der Waals surface area (Å²) < 4.78 is 0. The molecule has 1 heterocycles. The van der Waals surface area contributed by atoms with Gasteiger partial charge in [0.2, 0.25) is 5.91 Å². The molecule has 1 fully saturated rings. The highest BCUT2D eigenvalue weighted by Gasteiger charge is 2.21. The second kappa shape index (κ2) is 5.73. The lowest BCUT2D eigenvalue weighted by Crippen LogP contribution is -2.39. The van der Waals surface area contributed by atoms with Gasteiger partial charge in [0.15, 0.2) is 0 Å². The smallest absolute Gasteiger partial charge is 0.254 e. The quantitative estimate of drug-likeness (QED) is 0.887. The van der Waals surface area contributed by atoms with Crippen LogP contribution in [0.25, 0.3) is 0 Å². The Hall–Kier alpha value is -2.04. The van der Waals surface area contributed by atoms with Gasteiger partial charge in [-0.3, -0.25) is 9.59 Å². The van der Waals surface area contributed by atoms with Gasteiger partial charge in [-0.05, 0) is 37.1 Å². The number of rotatable bonds is 3. The molecule has 0 atom stereocenters. The summed E-state index contributed by atoms with van der Waals surface area (Å²) in [6.45, 7) is 1.68. The fraction of sp³-hybridized carbons (Fsp3) is 0.429. The first-order valence-corrected chi connectivity index (χ1v) is 6.40. The maximum absolute atomic E-state index is 12.1. The van der Waals surface area contributed by atoms with Gasteiger partial charge in [0.1, 0.15) is 5.75 Å². The molecule has 1 saturated heterocycles. The molecule has 1 N–H and O–H groups in total. The van der Waals surface area contributed by atoms with Crippen LogP contribution in [-0.4, -0.2) is 53.4 Å². The Kier molecular flexibility index (Phi) is 4.04. The summed E-state index contributed by atoms with van der Waals surface area (Å²) in [4.78, 5) is 27.2. The molecule has 5 nitrogen and oxygen atoms in total. The van der Waals surface area contributed by atoms with Gasteiger partial charge in [-0.15, -0.1) is 0 Å². The molecule has 19 heavy (non-hydrogen) atoms. The third kappa shape index (κ3) is 3.24. The van der Waals surface area contributed by atoms with E-state index in [1.807, 2.05) is 0 Å². The Morgan fingerprint density at radius 2 is 1.79 bits per heavy atom. The molecule has 0 aliphatic carbocycles. The molecule has 5 heteroatoms. The van der Waals surface area contributed by atoms with E-state index in [2.05, 4.69) is 0 Å². The second-order valence-electron chi connectivity index (χ2n) is 4.80. The molecule has 0 aromatic heterocycles. The minimum absolute atomic E-state index is 0.00729. The first kappa shape index (κ1) is 13.4. The summed E-state index contributed by atoms with van der Waals surface area (Å²) in [7, 11) is 1.61. The molecule has 2 amide bonds. The van der Waals surface area contributed by atoms with E-state index in [0.29, 0.717) is 5.56 Å². The summed E-state index contributed by atoms with van der Waals surface area (Å²) in [6, 6.07) is 6.02. The fourth-order valence-corrected chi connectivity index (χ4v) is 2.17. The number of phenols is 1. The van der Waals surface area contributed by atoms with Crippen LogP contribution < -0.4 is 0 Å². The van der Waals surface area contributed by atoms with E-state index in [9.17, 15) is 14.7 Å². The van der Waals surface area contributed by atoms with Crippen LogP contribution in [0.4, 0.5) is 0 Å². The molecule has 0 saturated carbocycles. The number of aromatic hydroxyl groups is 1. The maximum atomic E-state index is 12.1. The molecule has 1 aliphatic rings. The maximum Gasteiger partial charge on any atom is 0.254 e. The Morgan fingerprint density at radius 3 is 2.37 bits per heavy atom. The molecule has 0 unspecified atom stereocenters. The third-order valence-electron chi connectivity index (χ3n) is 3.29. The Labute approximate surface area is 112 Å². The normalized spacial score (nSPS) is 14.5. The van der Waals surface area contributed by atoms with Crippen molar-refractivity contribution >= 4 is 11.8 Å². The SMILES string of the molecule is CN(CC(=O)N1CCCC1)C(=O)c1ccc(O)cc1. The van der Waals surface area contributed by atoms with E-state index in [1.165, 1.54) is 17.0 Å². The number of carbonyl (C=O) groups is 2. The van der Waals surface area contributed by atoms with Gasteiger partial charge in [-0.2, -0.15) is 0 Å². The van der Waals surface area contributed by atoms with Gasteiger partial charge >= 0.3 is 0 Å². The summed E-state index contributed by atoms with van der Waals surface area (Å²) in [5, 5.41) is 9.18. The van der Waals surface area contributed by atoms with Crippen molar-refractivity contribution < 1.29 is 14.7 Å². The third-order valence-corrected chi connectivity index (χ3v) is 3.29. The van der Waals surface area contributed by atoms with Crippen molar-refractivity contribution in [2.45, 2.75) is 12.8 Å². The average molecular weight is 262 g/mol. The molecule has 0 spiro atoms. The number of amides is 2. The first-order chi connectivity index (χ1) is 9.08. The molecule has 2 rings (SSSR count). The van der Waals surface area contributed by atoms with Crippen LogP contribution in [0.3, 0.4) is 0 Å². The number of phenolic OH excluding ortho intramolecular Hbond substituents is 1. The highest BCUT2D eigenvalue weighted by molar-refractivity contribution is 5.96. The Bertz CT molecular complexity index is 464. The van der Waals surface area contributed by atoms with Gasteiger partial charge in [-0.25, -0.2) is 0 Å². The number of hydrogen-bond acceptors (Lipinski definition) is 3. The molecule has 0 bridgehead atoms. The minimum Gasteiger partial charge on any atom is -0.508 e. The largest absolute Gasteiger partial charge is 0.508 e. The predicted octanol–water partition coefficient (Wildman–Crippen LogP) is 1.09. The molecular weight excluding hydrogens is 244 g/mol. The van der Waals surface area contributed by atoms with Crippen LogP contribution in [0.15, 0.2) is 24.3 Å². The topological polar surface area (TPSA) is 60.9 Å². The molecule has 1 aromatic rings. The van der Waals surface area contributed by atoms with Gasteiger partial charge < -0.3 is 14.9 Å². The zero-order valence-corrected chi connectivity index (χ0v) is 11.0. The lowest BCUT2D eigenvalue weighted by atomic mass is 10.2. The monoisotopic (exact) mass is 262 g/mol. The lowest BCUT2D eigenvalue weighted by molar-refractivity contribution is -0.130. The molecule has 1 aromatic carbocycles. The highest BCUT2D eigenvalue weighted by atomic mass is 16.3. The fourth-order valence-electron chi connectivity index (χ4n) is 2.17. The minimum atomic E-state index is -0.215. The van der Waals surface area contributed by atoms with Crippen LogP contribution in [0.2, 0.25) is 0 Å². The van der Waals surface area contributed by atoms with Crippen molar-refractivity contribution in [3.63, 3.8) is 0 Å². The van der Waals surface area contributed by atoms with Crippen LogP contribution >= 0.6 is 0 Å². The molecule has 1 aliphatic heterocycles. The van der Waals surface area contributed by atoms with E-state index in [1.54, 1.807) is 24.1 Å². The van der Waals surface area contributed by atoms with Crippen LogP contribution in [0.5, 0.6) is 5.75 Å². The van der Waals surface area contributed by atoms with Gasteiger partial charge in [0.25, 0.3) is 5.91 Å². The van der Waals surface area contributed by atoms with Crippen molar-refractivity contribution in [3.8, 4) is 5.75 Å². The first-order valence-electron chi connectivity index (χ1n) is 6.40. The zero-order valence-electron chi connectivity index (χ0n) is 11.0. The van der Waals surface area contributed by atoms with Crippen molar-refractivity contribution in [1.82, 2.24) is 9.80 Å². The highest BCUT2D eigenvalue weighted by Crippen LogP contribution is 2.12. The summed E-state index contributed by atoms with van der Waals surface area (Å²) >= 11 is 0. The number of hydrogen-bond donors (Lipinski definition) is 1. The van der Waals surface area contributed by atoms with Crippen molar-refractivity contribution in [1.29, 1.82) is 0 Å². The average Bonchev–Trinajstić information content (AvgIpc) is 2.92. The number of benzene rings is 1. The van der Waals surface area contributed by atoms with Crippen LogP contribution in [0, 0.1) is 0 Å². The lowest BCUT2D eigenvalue weighted by Gasteiger charge is -2.21. The van der Waals surface area contributed by atoms with Crippen LogP contribution in [0.1, 0.15) is 23.2 Å². The van der Waals surface area contributed by atoms with E-state index in [4.69, 9.17) is 0 Å². The van der Waals surface area contributed by atoms with E-state index < -0.39 is 0 Å². The zero-order chi connectivity index (χ0) is 13.8. The Morgan fingerprint density at radius 1 is 1.21 bits per heavy atom. The predicted molar refractivity (Wildman–Crippen MR) is 70.9 cm³/mol. The van der Waals surface area contributed by atoms with Gasteiger partial charge in [0.05, 0.1) is 6.54 Å². The van der Waals surface area contributed by atoms with Crippen LogP contribution in [-0.2, 0) is 4.79 Å². The Balaban J connectivity index is 1.95. The summed E-state index contributed by atoms with van der Waals surface area (Å²) in [5.41, 5.74) is 0.467. The van der Waals surface area contributed by atoms with E-state index in [-0.39, 0.29) is 24.1 Å². The van der Waals surface area contributed by atoms with Crippen molar-refractivity contribution in [2.75, 3.05) is 26.7 Å². The van der Waals surface area contributed by atoms with Gasteiger partial charge in [0, 0.05) is 25.7 Å². The van der Waals surface area contributed by atoms with E-state index in [0.717, 1.165) is 25.9 Å². The standard InChI is InChI=1S/C14H18N2O3/c1-15(10-13(18)16-8-2-3-9-16)14(19)11-4-6-12(17)7-5-11/h4-7,17H,2-3,8-10H2,1H3. The number of likely N-dealkylation sites (N-methyl/N-ethyl adjacent to an activating group) is 1. The van der Waals surface area contributed by atoms with E-state index >= 15 is 0 Å².